The molecule has 0 spiro atoms. The Labute approximate surface area is 202 Å². The van der Waals surface area contributed by atoms with E-state index in [2.05, 4.69) is 5.32 Å². The molecule has 0 bridgehead atoms. The van der Waals surface area contributed by atoms with E-state index in [4.69, 9.17) is 9.47 Å². The predicted octanol–water partition coefficient (Wildman–Crippen LogP) is 3.89. The van der Waals surface area contributed by atoms with E-state index >= 15 is 0 Å². The first kappa shape index (κ1) is 27.8. The van der Waals surface area contributed by atoms with Crippen LogP contribution in [0.3, 0.4) is 0 Å². The van der Waals surface area contributed by atoms with Crippen molar-refractivity contribution < 1.29 is 29.6 Å². The fourth-order valence-electron chi connectivity index (χ4n) is 3.48. The number of aromatic hydroxyl groups is 1. The zero-order chi connectivity index (χ0) is 24.6. The Balaban J connectivity index is 1.46. The van der Waals surface area contributed by atoms with Crippen LogP contribution in [-0.4, -0.2) is 54.2 Å². The van der Waals surface area contributed by atoms with Gasteiger partial charge in [-0.1, -0.05) is 38.0 Å². The number of esters is 1. The second-order valence-electron chi connectivity index (χ2n) is 8.38. The van der Waals surface area contributed by atoms with E-state index in [0.717, 1.165) is 57.2 Å². The molecule has 0 saturated carbocycles. The molecule has 188 valence electrons. The minimum Gasteiger partial charge on any atom is -0.508 e. The molecule has 0 saturated heterocycles. The van der Waals surface area contributed by atoms with Crippen LogP contribution in [0.1, 0.15) is 72.2 Å². The molecule has 2 aromatic carbocycles. The van der Waals surface area contributed by atoms with Gasteiger partial charge in [0.25, 0.3) is 0 Å². The Morgan fingerprint density at radius 1 is 1.00 bits per heavy atom. The van der Waals surface area contributed by atoms with Crippen molar-refractivity contribution in [2.45, 2.75) is 58.2 Å². The maximum atomic E-state index is 11.8. The summed E-state index contributed by atoms with van der Waals surface area (Å²) >= 11 is 0. The monoisotopic (exact) mass is 473 g/mol. The quantitative estimate of drug-likeness (QED) is 0.204. The molecular formula is C27H39NO6. The van der Waals surface area contributed by atoms with E-state index in [1.807, 2.05) is 19.1 Å². The molecule has 2 rings (SSSR count). The van der Waals surface area contributed by atoms with Crippen LogP contribution in [0.5, 0.6) is 5.75 Å². The van der Waals surface area contributed by atoms with Crippen molar-refractivity contribution >= 4 is 5.97 Å². The fraction of sp³-hybridized carbons (Fsp3) is 0.519. The van der Waals surface area contributed by atoms with Gasteiger partial charge in [-0.25, -0.2) is 4.79 Å². The molecule has 0 heterocycles. The maximum absolute atomic E-state index is 11.8. The summed E-state index contributed by atoms with van der Waals surface area (Å²) in [6.45, 7) is 4.81. The second kappa shape index (κ2) is 16.2. The summed E-state index contributed by atoms with van der Waals surface area (Å²) in [5.41, 5.74) is 2.82. The number of benzene rings is 2. The molecule has 0 aliphatic rings. The van der Waals surface area contributed by atoms with Gasteiger partial charge in [-0.2, -0.15) is 0 Å². The third-order valence-corrected chi connectivity index (χ3v) is 5.55. The summed E-state index contributed by atoms with van der Waals surface area (Å²) in [5, 5.41) is 32.3. The number of carbonyl (C=O) groups is 1. The molecule has 0 aliphatic heterocycles. The number of unbranched alkanes of at least 4 members (excludes halogenated alkanes) is 3. The van der Waals surface area contributed by atoms with Crippen LogP contribution in [0.25, 0.3) is 0 Å². The van der Waals surface area contributed by atoms with E-state index in [0.29, 0.717) is 36.4 Å². The van der Waals surface area contributed by atoms with Crippen molar-refractivity contribution in [3.05, 3.63) is 64.7 Å². The van der Waals surface area contributed by atoms with Crippen LogP contribution in [0.2, 0.25) is 0 Å². The number of aliphatic hydroxyl groups is 2. The van der Waals surface area contributed by atoms with Gasteiger partial charge in [-0.05, 0) is 67.6 Å². The van der Waals surface area contributed by atoms with Gasteiger partial charge < -0.3 is 30.1 Å². The Bertz CT molecular complexity index is 840. The summed E-state index contributed by atoms with van der Waals surface area (Å²) in [6, 6.07) is 12.3. The molecule has 34 heavy (non-hydrogen) atoms. The van der Waals surface area contributed by atoms with Crippen molar-refractivity contribution in [3.63, 3.8) is 0 Å². The number of carbonyl (C=O) groups excluding carboxylic acids is 1. The van der Waals surface area contributed by atoms with E-state index in [1.54, 1.807) is 24.3 Å². The molecule has 2 aromatic rings. The van der Waals surface area contributed by atoms with Crippen LogP contribution in [-0.2, 0) is 22.5 Å². The number of phenols is 1. The van der Waals surface area contributed by atoms with E-state index < -0.39 is 6.10 Å². The van der Waals surface area contributed by atoms with E-state index in [9.17, 15) is 20.1 Å². The highest BCUT2D eigenvalue weighted by Crippen LogP contribution is 2.22. The molecule has 0 amide bonds. The normalized spacial score (nSPS) is 12.0. The molecular weight excluding hydrogens is 434 g/mol. The highest BCUT2D eigenvalue weighted by atomic mass is 16.5. The van der Waals surface area contributed by atoms with Gasteiger partial charge >= 0.3 is 5.97 Å². The summed E-state index contributed by atoms with van der Waals surface area (Å²) in [6.07, 6.45) is 5.19. The summed E-state index contributed by atoms with van der Waals surface area (Å²) in [7, 11) is 0. The molecule has 0 fully saturated rings. The van der Waals surface area contributed by atoms with Gasteiger partial charge in [0.05, 0.1) is 31.5 Å². The summed E-state index contributed by atoms with van der Waals surface area (Å²) < 4.78 is 10.9. The minimum atomic E-state index is -0.676. The average molecular weight is 474 g/mol. The lowest BCUT2D eigenvalue weighted by Crippen LogP contribution is -2.22. The largest absolute Gasteiger partial charge is 0.508 e. The number of ether oxygens (including phenoxy) is 2. The lowest BCUT2D eigenvalue weighted by atomic mass is 10.1. The van der Waals surface area contributed by atoms with Gasteiger partial charge in [0.2, 0.25) is 0 Å². The zero-order valence-electron chi connectivity index (χ0n) is 20.2. The lowest BCUT2D eigenvalue weighted by molar-refractivity contribution is 0.0505. The highest BCUT2D eigenvalue weighted by molar-refractivity contribution is 5.89. The highest BCUT2D eigenvalue weighted by Gasteiger charge is 2.10. The van der Waals surface area contributed by atoms with E-state index in [1.165, 1.54) is 6.07 Å². The van der Waals surface area contributed by atoms with Crippen molar-refractivity contribution in [3.8, 4) is 5.75 Å². The Hall–Kier alpha value is -2.45. The fourth-order valence-corrected chi connectivity index (χ4v) is 3.48. The molecule has 4 N–H and O–H groups in total. The van der Waals surface area contributed by atoms with Gasteiger partial charge in [-0.3, -0.25) is 0 Å². The maximum Gasteiger partial charge on any atom is 0.338 e. The predicted molar refractivity (Wildman–Crippen MR) is 132 cm³/mol. The number of rotatable bonds is 17. The first-order valence-electron chi connectivity index (χ1n) is 12.2. The first-order chi connectivity index (χ1) is 16.5. The Morgan fingerprint density at radius 3 is 2.50 bits per heavy atom. The minimum absolute atomic E-state index is 0.0374. The average Bonchev–Trinajstić information content (AvgIpc) is 2.86. The summed E-state index contributed by atoms with van der Waals surface area (Å²) in [4.78, 5) is 11.8. The molecule has 0 radical (unpaired) electrons. The molecule has 7 heteroatoms. The Kier molecular flexibility index (Phi) is 13.3. The Morgan fingerprint density at radius 2 is 1.76 bits per heavy atom. The van der Waals surface area contributed by atoms with Gasteiger partial charge in [-0.15, -0.1) is 0 Å². The van der Waals surface area contributed by atoms with Crippen molar-refractivity contribution in [1.29, 1.82) is 0 Å². The molecule has 1 unspecified atom stereocenters. The van der Waals surface area contributed by atoms with Crippen LogP contribution >= 0.6 is 0 Å². The van der Waals surface area contributed by atoms with Crippen molar-refractivity contribution in [2.75, 3.05) is 32.9 Å². The van der Waals surface area contributed by atoms with Crippen LogP contribution in [0, 0.1) is 0 Å². The number of hydrogen-bond acceptors (Lipinski definition) is 7. The standard InChI is InChI=1S/C27H39NO6/c1-2-15-34-27(32)22-9-7-21(8-10-22)13-17-33-16-6-4-3-5-14-28-19-26(31)23-11-12-25(30)24(18-23)20-29/h7-12,18,26,28-31H,2-6,13-17,19-20H2,1H3. The number of nitrogens with one attached hydrogen (secondary N) is 1. The zero-order valence-corrected chi connectivity index (χ0v) is 20.2. The van der Waals surface area contributed by atoms with Crippen molar-refractivity contribution in [1.82, 2.24) is 5.32 Å². The third-order valence-electron chi connectivity index (χ3n) is 5.55. The van der Waals surface area contributed by atoms with Gasteiger partial charge in [0, 0.05) is 18.7 Å². The number of hydrogen-bond donors (Lipinski definition) is 4. The molecule has 0 aromatic heterocycles. The topological polar surface area (TPSA) is 108 Å². The SMILES string of the molecule is CCCOC(=O)c1ccc(CCOCCCCCCNCC(O)c2ccc(O)c(CO)c2)cc1. The molecule has 7 nitrogen and oxygen atoms in total. The van der Waals surface area contributed by atoms with Gasteiger partial charge in [0.15, 0.2) is 0 Å². The molecule has 1 atom stereocenters. The van der Waals surface area contributed by atoms with Crippen LogP contribution < -0.4 is 5.32 Å². The first-order valence-corrected chi connectivity index (χ1v) is 12.2. The van der Waals surface area contributed by atoms with E-state index in [-0.39, 0.29) is 18.3 Å². The smallest absolute Gasteiger partial charge is 0.338 e. The molecule has 0 aliphatic carbocycles. The lowest BCUT2D eigenvalue weighted by Gasteiger charge is -2.14. The van der Waals surface area contributed by atoms with Gasteiger partial charge in [0.1, 0.15) is 5.75 Å². The third kappa shape index (κ3) is 10.2. The van der Waals surface area contributed by atoms with Crippen LogP contribution in [0.4, 0.5) is 0 Å². The second-order valence-corrected chi connectivity index (χ2v) is 8.38. The number of aliphatic hydroxyl groups excluding tert-OH is 2. The summed E-state index contributed by atoms with van der Waals surface area (Å²) in [5.74, 6) is -0.236. The van der Waals surface area contributed by atoms with Crippen molar-refractivity contribution in [2.24, 2.45) is 0 Å². The van der Waals surface area contributed by atoms with Crippen LogP contribution in [0.15, 0.2) is 42.5 Å².